The number of aromatic nitrogens is 3. The number of hydrogen-bond donors (Lipinski definition) is 2. The van der Waals surface area contributed by atoms with Crippen LogP contribution in [0.15, 0.2) is 36.5 Å². The highest BCUT2D eigenvalue weighted by Crippen LogP contribution is 2.33. The summed E-state index contributed by atoms with van der Waals surface area (Å²) in [5.41, 5.74) is 2.51. The van der Waals surface area contributed by atoms with Crippen LogP contribution in [0.4, 0.5) is 11.1 Å². The monoisotopic (exact) mass is 458 g/mol. The molecule has 0 bridgehead atoms. The van der Waals surface area contributed by atoms with Gasteiger partial charge in [0.1, 0.15) is 0 Å². The van der Waals surface area contributed by atoms with Gasteiger partial charge in [-0.05, 0) is 18.6 Å². The van der Waals surface area contributed by atoms with E-state index in [0.29, 0.717) is 11.0 Å². The van der Waals surface area contributed by atoms with Crippen molar-refractivity contribution in [2.75, 3.05) is 56.6 Å². The van der Waals surface area contributed by atoms with Crippen molar-refractivity contribution < 1.29 is 4.74 Å². The van der Waals surface area contributed by atoms with Crippen molar-refractivity contribution in [1.29, 1.82) is 0 Å². The molecule has 4 rings (SSSR count). The van der Waals surface area contributed by atoms with Crippen molar-refractivity contribution in [3.8, 4) is 21.8 Å². The number of thiazole rings is 1. The van der Waals surface area contributed by atoms with Gasteiger partial charge in [0.25, 0.3) is 0 Å². The van der Waals surface area contributed by atoms with Crippen LogP contribution in [0.2, 0.25) is 5.02 Å². The number of anilines is 2. The molecule has 2 aromatic heterocycles. The summed E-state index contributed by atoms with van der Waals surface area (Å²) in [5.74, 6) is 0.595. The summed E-state index contributed by atoms with van der Waals surface area (Å²) in [7, 11) is 0. The smallest absolute Gasteiger partial charge is 0.223 e. The molecule has 0 atom stereocenters. The third-order valence-electron chi connectivity index (χ3n) is 4.98. The van der Waals surface area contributed by atoms with Crippen molar-refractivity contribution in [2.24, 2.45) is 0 Å². The van der Waals surface area contributed by atoms with Gasteiger partial charge in [0, 0.05) is 49.5 Å². The summed E-state index contributed by atoms with van der Waals surface area (Å²) in [4.78, 5) is 17.4. The number of ether oxygens (including phenoxy) is 1. The van der Waals surface area contributed by atoms with E-state index in [-0.39, 0.29) is 0 Å². The first kappa shape index (κ1) is 22.0. The Morgan fingerprint density at radius 3 is 2.71 bits per heavy atom. The van der Waals surface area contributed by atoms with E-state index in [1.807, 2.05) is 36.5 Å². The van der Waals surface area contributed by atoms with Gasteiger partial charge in [-0.1, -0.05) is 48.1 Å². The second kappa shape index (κ2) is 10.9. The van der Waals surface area contributed by atoms with Crippen molar-refractivity contribution in [1.82, 2.24) is 19.9 Å². The number of rotatable bonds is 9. The fraction of sp³-hybridized carbons (Fsp3) is 0.409. The second-order valence-corrected chi connectivity index (χ2v) is 8.72. The summed E-state index contributed by atoms with van der Waals surface area (Å²) in [6.45, 7) is 8.22. The topological polar surface area (TPSA) is 75.2 Å². The summed E-state index contributed by atoms with van der Waals surface area (Å²) in [6.07, 6.45) is 2.91. The van der Waals surface area contributed by atoms with Crippen molar-refractivity contribution in [3.05, 3.63) is 41.6 Å². The summed E-state index contributed by atoms with van der Waals surface area (Å²) >= 11 is 8.05. The highest BCUT2D eigenvalue weighted by atomic mass is 35.5. The minimum Gasteiger partial charge on any atom is -0.379 e. The molecule has 0 saturated carbocycles. The molecule has 2 N–H and O–H groups in total. The lowest BCUT2D eigenvalue weighted by Gasteiger charge is -2.26. The van der Waals surface area contributed by atoms with Gasteiger partial charge < -0.3 is 15.4 Å². The van der Waals surface area contributed by atoms with E-state index in [4.69, 9.17) is 26.3 Å². The molecular formula is C22H27ClN6OS. The average molecular weight is 459 g/mol. The molecule has 0 unspecified atom stereocenters. The molecule has 1 fully saturated rings. The molecule has 3 aromatic rings. The van der Waals surface area contributed by atoms with E-state index in [9.17, 15) is 0 Å². The fourth-order valence-corrected chi connectivity index (χ4v) is 4.35. The quantitative estimate of drug-likeness (QED) is 0.489. The van der Waals surface area contributed by atoms with Crippen molar-refractivity contribution in [3.63, 3.8) is 0 Å². The van der Waals surface area contributed by atoms with E-state index in [2.05, 4.69) is 27.4 Å². The Balaban J connectivity index is 1.57. The van der Waals surface area contributed by atoms with Gasteiger partial charge in [-0.3, -0.25) is 4.90 Å². The predicted octanol–water partition coefficient (Wildman–Crippen LogP) is 4.49. The highest BCUT2D eigenvalue weighted by Gasteiger charge is 2.14. The maximum atomic E-state index is 6.46. The number of nitrogens with one attached hydrogen (secondary N) is 2. The Hall–Kier alpha value is -2.26. The van der Waals surface area contributed by atoms with Crippen LogP contribution in [-0.2, 0) is 4.74 Å². The average Bonchev–Trinajstić information content (AvgIpc) is 3.28. The normalized spacial score (nSPS) is 14.5. The second-order valence-electron chi connectivity index (χ2n) is 7.28. The zero-order valence-corrected chi connectivity index (χ0v) is 19.2. The maximum absolute atomic E-state index is 6.46. The molecule has 0 spiro atoms. The molecule has 3 heterocycles. The lowest BCUT2D eigenvalue weighted by Crippen LogP contribution is -2.39. The molecule has 1 aliphatic rings. The third kappa shape index (κ3) is 5.92. The fourth-order valence-electron chi connectivity index (χ4n) is 3.32. The summed E-state index contributed by atoms with van der Waals surface area (Å²) < 4.78 is 5.42. The largest absolute Gasteiger partial charge is 0.379 e. The molecule has 0 radical (unpaired) electrons. The predicted molar refractivity (Wildman–Crippen MR) is 128 cm³/mol. The van der Waals surface area contributed by atoms with E-state index < -0.39 is 0 Å². The van der Waals surface area contributed by atoms with Crippen molar-refractivity contribution in [2.45, 2.75) is 13.3 Å². The van der Waals surface area contributed by atoms with Crippen LogP contribution in [0, 0.1) is 0 Å². The summed E-state index contributed by atoms with van der Waals surface area (Å²) in [5, 5.41) is 8.30. The van der Waals surface area contributed by atoms with Gasteiger partial charge in [0.2, 0.25) is 5.95 Å². The van der Waals surface area contributed by atoms with Crippen molar-refractivity contribution >= 4 is 34.0 Å². The minimum atomic E-state index is 0.595. The van der Waals surface area contributed by atoms with Crippen LogP contribution in [0.5, 0.6) is 0 Å². The van der Waals surface area contributed by atoms with Crippen LogP contribution in [-0.4, -0.2) is 65.8 Å². The van der Waals surface area contributed by atoms with Crippen LogP contribution in [0.1, 0.15) is 13.3 Å². The third-order valence-corrected chi connectivity index (χ3v) is 6.28. The first-order valence-corrected chi connectivity index (χ1v) is 11.8. The lowest BCUT2D eigenvalue weighted by atomic mass is 10.1. The van der Waals surface area contributed by atoms with E-state index in [1.165, 1.54) is 0 Å². The Kier molecular flexibility index (Phi) is 7.69. The van der Waals surface area contributed by atoms with Gasteiger partial charge in [-0.15, -0.1) is 0 Å². The Morgan fingerprint density at radius 2 is 1.90 bits per heavy atom. The number of benzene rings is 1. The SMILES string of the molecule is CCCNc1ncc(-c2cc(-c3ccccc3Cl)nc(NCCN3CCOCC3)n2)s1. The van der Waals surface area contributed by atoms with Gasteiger partial charge in [-0.2, -0.15) is 0 Å². The molecule has 7 nitrogen and oxygen atoms in total. The van der Waals surface area contributed by atoms with Gasteiger partial charge >= 0.3 is 0 Å². The van der Waals surface area contributed by atoms with Crippen LogP contribution < -0.4 is 10.6 Å². The van der Waals surface area contributed by atoms with Crippen LogP contribution >= 0.6 is 22.9 Å². The van der Waals surface area contributed by atoms with Gasteiger partial charge in [0.05, 0.1) is 29.5 Å². The Labute approximate surface area is 191 Å². The highest BCUT2D eigenvalue weighted by molar-refractivity contribution is 7.18. The number of halogens is 1. The molecule has 1 aliphatic heterocycles. The Bertz CT molecular complexity index is 992. The van der Waals surface area contributed by atoms with Crippen LogP contribution in [0.3, 0.4) is 0 Å². The number of nitrogens with zero attached hydrogens (tertiary/aromatic N) is 4. The molecule has 31 heavy (non-hydrogen) atoms. The zero-order valence-electron chi connectivity index (χ0n) is 17.6. The molecule has 164 valence electrons. The number of hydrogen-bond acceptors (Lipinski definition) is 8. The standard InChI is InChI=1S/C22H27ClN6OS/c1-2-7-25-22-26-15-20(31-22)19-14-18(16-5-3-4-6-17(16)23)27-21(28-19)24-8-9-29-10-12-30-13-11-29/h3-6,14-15H,2,7-13H2,1H3,(H,25,26)(H,24,27,28). The molecule has 0 amide bonds. The summed E-state index contributed by atoms with van der Waals surface area (Å²) in [6, 6.07) is 9.72. The zero-order chi connectivity index (χ0) is 21.5. The van der Waals surface area contributed by atoms with E-state index >= 15 is 0 Å². The maximum Gasteiger partial charge on any atom is 0.223 e. The minimum absolute atomic E-state index is 0.595. The first-order valence-electron chi connectivity index (χ1n) is 10.6. The van der Waals surface area contributed by atoms with Gasteiger partial charge in [0.15, 0.2) is 5.13 Å². The van der Waals surface area contributed by atoms with Crippen LogP contribution in [0.25, 0.3) is 21.8 Å². The molecule has 1 saturated heterocycles. The van der Waals surface area contributed by atoms with Gasteiger partial charge in [-0.25, -0.2) is 15.0 Å². The van der Waals surface area contributed by atoms with E-state index in [0.717, 1.165) is 79.3 Å². The molecular weight excluding hydrogens is 432 g/mol. The van der Waals surface area contributed by atoms with E-state index in [1.54, 1.807) is 11.3 Å². The molecule has 9 heteroatoms. The first-order chi connectivity index (χ1) is 15.2. The Morgan fingerprint density at radius 1 is 1.10 bits per heavy atom. The number of morpholine rings is 1. The molecule has 1 aromatic carbocycles. The lowest BCUT2D eigenvalue weighted by molar-refractivity contribution is 0.0398. The molecule has 0 aliphatic carbocycles.